The maximum Gasteiger partial charge on any atom is 0.139 e. The Balaban J connectivity index is 2.01. The third-order valence-corrected chi connectivity index (χ3v) is 3.69. The average Bonchev–Trinajstić information content (AvgIpc) is 2.60. The van der Waals surface area contributed by atoms with Crippen LogP contribution in [0.3, 0.4) is 0 Å². The van der Waals surface area contributed by atoms with Crippen LogP contribution in [0.15, 0.2) is 18.2 Å². The van der Waals surface area contributed by atoms with Crippen LogP contribution in [0.1, 0.15) is 38.5 Å². The summed E-state index contributed by atoms with van der Waals surface area (Å²) < 4.78 is 5.23. The predicted octanol–water partition coefficient (Wildman–Crippen LogP) is 4.48. The number of hydrogen-bond donors (Lipinski definition) is 1. The maximum atomic E-state index is 6.01. The number of hydrogen-bond acceptors (Lipinski definition) is 2. The zero-order valence-corrected chi connectivity index (χ0v) is 11.1. The van der Waals surface area contributed by atoms with Gasteiger partial charge in [0, 0.05) is 17.8 Å². The van der Waals surface area contributed by atoms with Crippen LogP contribution in [0.5, 0.6) is 5.75 Å². The number of rotatable bonds is 3. The Kier molecular flexibility index (Phi) is 4.55. The highest BCUT2D eigenvalue weighted by molar-refractivity contribution is 6.32. The molecule has 17 heavy (non-hydrogen) atoms. The summed E-state index contributed by atoms with van der Waals surface area (Å²) in [6.07, 6.45) is 7.96. The van der Waals surface area contributed by atoms with E-state index in [0.29, 0.717) is 11.1 Å². The van der Waals surface area contributed by atoms with E-state index in [-0.39, 0.29) is 0 Å². The Morgan fingerprint density at radius 3 is 2.53 bits per heavy atom. The third kappa shape index (κ3) is 3.53. The van der Waals surface area contributed by atoms with Gasteiger partial charge in [-0.05, 0) is 25.0 Å². The van der Waals surface area contributed by atoms with Crippen molar-refractivity contribution < 1.29 is 4.74 Å². The summed E-state index contributed by atoms with van der Waals surface area (Å²) in [5, 5.41) is 4.25. The number of halogens is 1. The minimum absolute atomic E-state index is 0.600. The van der Waals surface area contributed by atoms with Gasteiger partial charge in [0.25, 0.3) is 0 Å². The van der Waals surface area contributed by atoms with Gasteiger partial charge in [0.2, 0.25) is 0 Å². The second kappa shape index (κ2) is 6.15. The van der Waals surface area contributed by atoms with E-state index in [0.717, 1.165) is 11.4 Å². The molecule has 1 aliphatic carbocycles. The molecule has 1 aliphatic rings. The van der Waals surface area contributed by atoms with Crippen LogP contribution in [0.4, 0.5) is 5.69 Å². The highest BCUT2D eigenvalue weighted by Crippen LogP contribution is 2.29. The fourth-order valence-corrected chi connectivity index (χ4v) is 2.60. The first-order valence-corrected chi connectivity index (χ1v) is 6.77. The molecule has 0 heterocycles. The summed E-state index contributed by atoms with van der Waals surface area (Å²) in [4.78, 5) is 0. The lowest BCUT2D eigenvalue weighted by Gasteiger charge is -2.18. The van der Waals surface area contributed by atoms with E-state index in [1.165, 1.54) is 38.5 Å². The number of ether oxygens (including phenoxy) is 1. The molecule has 0 bridgehead atoms. The van der Waals surface area contributed by atoms with Crippen LogP contribution in [-0.4, -0.2) is 13.2 Å². The lowest BCUT2D eigenvalue weighted by molar-refractivity contribution is 0.415. The molecule has 1 fully saturated rings. The molecule has 0 unspecified atom stereocenters. The molecule has 0 atom stereocenters. The largest absolute Gasteiger partial charge is 0.495 e. The fourth-order valence-electron chi connectivity index (χ4n) is 2.41. The van der Waals surface area contributed by atoms with Gasteiger partial charge in [-0.2, -0.15) is 0 Å². The van der Waals surface area contributed by atoms with Crippen molar-refractivity contribution in [3.05, 3.63) is 23.2 Å². The molecular formula is C14H20ClNO. The summed E-state index contributed by atoms with van der Waals surface area (Å²) in [7, 11) is 1.65. The first kappa shape index (κ1) is 12.6. The van der Waals surface area contributed by atoms with Crippen LogP contribution in [0.25, 0.3) is 0 Å². The van der Waals surface area contributed by atoms with E-state index in [2.05, 4.69) is 5.32 Å². The molecule has 1 aromatic rings. The van der Waals surface area contributed by atoms with Crippen molar-refractivity contribution in [2.75, 3.05) is 12.4 Å². The number of methoxy groups -OCH3 is 1. The van der Waals surface area contributed by atoms with E-state index >= 15 is 0 Å². The maximum absolute atomic E-state index is 6.01. The Morgan fingerprint density at radius 2 is 1.88 bits per heavy atom. The van der Waals surface area contributed by atoms with E-state index in [4.69, 9.17) is 16.3 Å². The monoisotopic (exact) mass is 253 g/mol. The van der Waals surface area contributed by atoms with Crippen LogP contribution in [0, 0.1) is 0 Å². The van der Waals surface area contributed by atoms with Crippen molar-refractivity contribution in [1.29, 1.82) is 0 Å². The number of anilines is 1. The highest BCUT2D eigenvalue weighted by Gasteiger charge is 2.12. The minimum Gasteiger partial charge on any atom is -0.495 e. The van der Waals surface area contributed by atoms with Gasteiger partial charge in [0.05, 0.1) is 12.1 Å². The zero-order chi connectivity index (χ0) is 12.1. The van der Waals surface area contributed by atoms with Crippen LogP contribution in [-0.2, 0) is 0 Å². The molecule has 0 saturated heterocycles. The minimum atomic E-state index is 0.600. The van der Waals surface area contributed by atoms with E-state index < -0.39 is 0 Å². The van der Waals surface area contributed by atoms with Crippen molar-refractivity contribution in [3.8, 4) is 5.75 Å². The van der Waals surface area contributed by atoms with Gasteiger partial charge >= 0.3 is 0 Å². The van der Waals surface area contributed by atoms with Gasteiger partial charge in [-0.25, -0.2) is 0 Å². The van der Waals surface area contributed by atoms with Crippen molar-refractivity contribution >= 4 is 17.3 Å². The average molecular weight is 254 g/mol. The van der Waals surface area contributed by atoms with Gasteiger partial charge in [-0.1, -0.05) is 37.3 Å². The molecule has 1 aromatic carbocycles. The van der Waals surface area contributed by atoms with Crippen LogP contribution >= 0.6 is 11.6 Å². The second-order valence-corrected chi connectivity index (χ2v) is 5.09. The van der Waals surface area contributed by atoms with E-state index in [1.54, 1.807) is 7.11 Å². The van der Waals surface area contributed by atoms with Crippen LogP contribution < -0.4 is 10.1 Å². The number of benzene rings is 1. The quantitative estimate of drug-likeness (QED) is 0.802. The molecule has 0 aliphatic heterocycles. The van der Waals surface area contributed by atoms with Crippen molar-refractivity contribution in [2.45, 2.75) is 44.6 Å². The summed E-state index contributed by atoms with van der Waals surface area (Å²) in [6.45, 7) is 0. The first-order chi connectivity index (χ1) is 8.29. The molecule has 0 radical (unpaired) electrons. The van der Waals surface area contributed by atoms with Crippen molar-refractivity contribution in [2.24, 2.45) is 0 Å². The SMILES string of the molecule is COc1cc(NC2CCCCCC2)ccc1Cl. The van der Waals surface area contributed by atoms with Crippen LogP contribution in [0.2, 0.25) is 5.02 Å². The molecule has 0 spiro atoms. The van der Waals surface area contributed by atoms with Gasteiger partial charge in [-0.15, -0.1) is 0 Å². The van der Waals surface area contributed by atoms with Gasteiger partial charge in [0.1, 0.15) is 5.75 Å². The van der Waals surface area contributed by atoms with Gasteiger partial charge < -0.3 is 10.1 Å². The second-order valence-electron chi connectivity index (χ2n) is 4.68. The Hall–Kier alpha value is -0.890. The molecule has 1 saturated carbocycles. The number of nitrogens with one attached hydrogen (secondary N) is 1. The molecule has 1 N–H and O–H groups in total. The lowest BCUT2D eigenvalue weighted by Crippen LogP contribution is -2.18. The molecule has 3 heteroatoms. The predicted molar refractivity (Wildman–Crippen MR) is 73.1 cm³/mol. The Labute approximate surface area is 108 Å². The first-order valence-electron chi connectivity index (χ1n) is 6.39. The summed E-state index contributed by atoms with van der Waals surface area (Å²) in [5.41, 5.74) is 1.11. The highest BCUT2D eigenvalue weighted by atomic mass is 35.5. The molecule has 2 rings (SSSR count). The summed E-state index contributed by atoms with van der Waals surface area (Å²) >= 11 is 6.01. The molecule has 94 valence electrons. The van der Waals surface area contributed by atoms with Crippen molar-refractivity contribution in [1.82, 2.24) is 0 Å². The van der Waals surface area contributed by atoms with E-state index in [9.17, 15) is 0 Å². The lowest BCUT2D eigenvalue weighted by atomic mass is 10.1. The molecule has 0 aromatic heterocycles. The van der Waals surface area contributed by atoms with Gasteiger partial charge in [-0.3, -0.25) is 0 Å². The third-order valence-electron chi connectivity index (χ3n) is 3.38. The zero-order valence-electron chi connectivity index (χ0n) is 10.3. The molecule has 2 nitrogen and oxygen atoms in total. The summed E-state index contributed by atoms with van der Waals surface area (Å²) in [5.74, 6) is 0.741. The van der Waals surface area contributed by atoms with Gasteiger partial charge in [0.15, 0.2) is 0 Å². The molecular weight excluding hydrogens is 234 g/mol. The van der Waals surface area contributed by atoms with E-state index in [1.807, 2.05) is 18.2 Å². The summed E-state index contributed by atoms with van der Waals surface area (Å²) in [6, 6.07) is 6.49. The Bertz CT molecular complexity index is 359. The smallest absolute Gasteiger partial charge is 0.139 e. The Morgan fingerprint density at radius 1 is 1.18 bits per heavy atom. The fraction of sp³-hybridized carbons (Fsp3) is 0.571. The van der Waals surface area contributed by atoms with Crippen molar-refractivity contribution in [3.63, 3.8) is 0 Å². The standard InChI is InChI=1S/C14H20ClNO/c1-17-14-10-12(8-9-13(14)15)16-11-6-4-2-3-5-7-11/h8-11,16H,2-7H2,1H3. The topological polar surface area (TPSA) is 21.3 Å². The molecule has 0 amide bonds. The normalized spacial score (nSPS) is 17.5.